The van der Waals surface area contributed by atoms with E-state index in [4.69, 9.17) is 4.74 Å². The van der Waals surface area contributed by atoms with Gasteiger partial charge in [-0.3, -0.25) is 9.59 Å². The Labute approximate surface area is 199 Å². The largest absolute Gasteiger partial charge is 0.463 e. The lowest BCUT2D eigenvalue weighted by atomic mass is 9.45. The molecule has 3 heteroatoms. The summed E-state index contributed by atoms with van der Waals surface area (Å²) in [6.45, 7) is 8.61. The molecule has 0 radical (unpaired) electrons. The number of fused-ring (bicyclic) bond motifs is 5. The predicted octanol–water partition coefficient (Wildman–Crippen LogP) is 7.08. The fourth-order valence-electron chi connectivity index (χ4n) is 8.60. The molecule has 0 unspecified atom stereocenters. The molecule has 4 aliphatic rings. The zero-order valence-electron chi connectivity index (χ0n) is 20.9. The molecule has 0 bridgehead atoms. The van der Waals surface area contributed by atoms with Gasteiger partial charge in [0.1, 0.15) is 6.10 Å². The molecule has 1 aromatic rings. The van der Waals surface area contributed by atoms with Crippen LogP contribution in [0.15, 0.2) is 35.9 Å². The highest BCUT2D eigenvalue weighted by atomic mass is 16.5. The van der Waals surface area contributed by atoms with E-state index < -0.39 is 0 Å². The van der Waals surface area contributed by atoms with Gasteiger partial charge in [0.25, 0.3) is 0 Å². The first-order chi connectivity index (χ1) is 15.7. The van der Waals surface area contributed by atoms with E-state index >= 15 is 0 Å². The Balaban J connectivity index is 1.34. The number of benzene rings is 1. The fraction of sp³-hybridized carbons (Fsp3) is 0.667. The third-order valence-electron chi connectivity index (χ3n) is 10.4. The zero-order valence-corrected chi connectivity index (χ0v) is 20.9. The number of carbonyl (C=O) groups excluding carboxylic acids is 2. The van der Waals surface area contributed by atoms with Crippen molar-refractivity contribution in [2.24, 2.45) is 34.5 Å². The van der Waals surface area contributed by atoms with Crippen molar-refractivity contribution in [3.63, 3.8) is 0 Å². The molecule has 3 nitrogen and oxygen atoms in total. The van der Waals surface area contributed by atoms with Gasteiger partial charge in [0.05, 0.1) is 0 Å². The number of hydrogen-bond acceptors (Lipinski definition) is 3. The van der Waals surface area contributed by atoms with Crippen molar-refractivity contribution < 1.29 is 14.3 Å². The molecule has 33 heavy (non-hydrogen) atoms. The number of rotatable bonds is 3. The van der Waals surface area contributed by atoms with Crippen molar-refractivity contribution in [3.8, 4) is 0 Å². The molecule has 4 aliphatic carbocycles. The highest BCUT2D eigenvalue weighted by Crippen LogP contribution is 2.67. The van der Waals surface area contributed by atoms with E-state index in [2.05, 4.69) is 20.8 Å². The average molecular weight is 449 g/mol. The van der Waals surface area contributed by atoms with Crippen LogP contribution in [0.3, 0.4) is 0 Å². The highest BCUT2D eigenvalue weighted by molar-refractivity contribution is 6.05. The summed E-state index contributed by atoms with van der Waals surface area (Å²) in [5.41, 5.74) is 3.97. The molecule has 0 aliphatic heterocycles. The zero-order chi connectivity index (χ0) is 23.4. The van der Waals surface area contributed by atoms with Crippen molar-refractivity contribution in [1.29, 1.82) is 0 Å². The smallest absolute Gasteiger partial charge is 0.302 e. The average Bonchev–Trinajstić information content (AvgIpc) is 3.10. The number of allylic oxidation sites excluding steroid dienone is 2. The van der Waals surface area contributed by atoms with Crippen LogP contribution in [-0.2, 0) is 9.53 Å². The first-order valence-corrected chi connectivity index (χ1v) is 13.2. The van der Waals surface area contributed by atoms with E-state index in [0.717, 1.165) is 36.7 Å². The predicted molar refractivity (Wildman–Crippen MR) is 131 cm³/mol. The van der Waals surface area contributed by atoms with E-state index in [9.17, 15) is 9.59 Å². The third-order valence-corrected chi connectivity index (χ3v) is 10.4. The molecule has 0 aromatic heterocycles. The lowest BCUT2D eigenvalue weighted by Gasteiger charge is -2.60. The van der Waals surface area contributed by atoms with Gasteiger partial charge in [-0.2, -0.15) is 0 Å². The Morgan fingerprint density at radius 1 is 0.970 bits per heavy atom. The van der Waals surface area contributed by atoms with Crippen LogP contribution in [0.2, 0.25) is 0 Å². The van der Waals surface area contributed by atoms with Crippen LogP contribution < -0.4 is 0 Å². The van der Waals surface area contributed by atoms with Gasteiger partial charge in [0, 0.05) is 12.5 Å². The maximum absolute atomic E-state index is 13.0. The van der Waals surface area contributed by atoms with Crippen LogP contribution in [0.5, 0.6) is 0 Å². The number of hydrogen-bond donors (Lipinski definition) is 0. The molecule has 0 amide bonds. The second-order valence-corrected chi connectivity index (χ2v) is 12.1. The summed E-state index contributed by atoms with van der Waals surface area (Å²) in [7, 11) is 0. The van der Waals surface area contributed by atoms with Gasteiger partial charge in [-0.25, -0.2) is 0 Å². The molecule has 1 aromatic carbocycles. The standard InChI is InChI=1S/C30H40O3/c1-19-5-7-21(8-6-19)28(32)18-23-10-12-26-25-11-9-22-17-24(33-20(2)31)13-15-29(22,3)27(25)14-16-30(23,26)4/h5-8,18,22,24-27H,9-17H2,1-4H3/b23-18+/t22-,24-,25-,26-,27-,29-,30+/m0/s1. The minimum atomic E-state index is -0.129. The molecule has 0 saturated heterocycles. The van der Waals surface area contributed by atoms with Crippen LogP contribution in [0.25, 0.3) is 0 Å². The van der Waals surface area contributed by atoms with Crippen LogP contribution in [-0.4, -0.2) is 17.9 Å². The Hall–Kier alpha value is -1.90. The van der Waals surface area contributed by atoms with E-state index in [-0.39, 0.29) is 23.3 Å². The lowest BCUT2D eigenvalue weighted by Crippen LogP contribution is -2.53. The second-order valence-electron chi connectivity index (χ2n) is 12.1. The van der Waals surface area contributed by atoms with Crippen LogP contribution in [0, 0.1) is 41.4 Å². The number of carbonyl (C=O) groups is 2. The van der Waals surface area contributed by atoms with Gasteiger partial charge < -0.3 is 4.74 Å². The number of aryl methyl sites for hydroxylation is 1. The van der Waals surface area contributed by atoms with Crippen LogP contribution in [0.1, 0.15) is 94.5 Å². The molecule has 0 heterocycles. The molecule has 178 valence electrons. The molecular weight excluding hydrogens is 408 g/mol. The fourth-order valence-corrected chi connectivity index (χ4v) is 8.60. The van der Waals surface area contributed by atoms with Gasteiger partial charge in [0.15, 0.2) is 5.78 Å². The summed E-state index contributed by atoms with van der Waals surface area (Å²) in [6, 6.07) is 8.00. The Kier molecular flexibility index (Phi) is 5.82. The van der Waals surface area contributed by atoms with Crippen molar-refractivity contribution in [2.75, 3.05) is 0 Å². The Morgan fingerprint density at radius 2 is 1.73 bits per heavy atom. The van der Waals surface area contributed by atoms with Crippen LogP contribution in [0.4, 0.5) is 0 Å². The number of ether oxygens (including phenoxy) is 1. The monoisotopic (exact) mass is 448 g/mol. The van der Waals surface area contributed by atoms with E-state index in [0.29, 0.717) is 17.3 Å². The van der Waals surface area contributed by atoms with Crippen molar-refractivity contribution >= 4 is 11.8 Å². The molecule has 4 fully saturated rings. The molecular formula is C30H40O3. The summed E-state index contributed by atoms with van der Waals surface area (Å²) >= 11 is 0. The Morgan fingerprint density at radius 3 is 2.45 bits per heavy atom. The highest BCUT2D eigenvalue weighted by Gasteiger charge is 2.59. The van der Waals surface area contributed by atoms with Crippen molar-refractivity contribution in [1.82, 2.24) is 0 Å². The number of ketones is 1. The van der Waals surface area contributed by atoms with Gasteiger partial charge in [-0.1, -0.05) is 49.2 Å². The van der Waals surface area contributed by atoms with Crippen LogP contribution >= 0.6 is 0 Å². The summed E-state index contributed by atoms with van der Waals surface area (Å²) in [5.74, 6) is 2.98. The molecule has 0 spiro atoms. The molecule has 7 atom stereocenters. The van der Waals surface area contributed by atoms with E-state index in [1.165, 1.54) is 49.7 Å². The summed E-state index contributed by atoms with van der Waals surface area (Å²) in [5, 5.41) is 0. The molecule has 0 N–H and O–H groups in total. The normalized spacial score (nSPS) is 41.1. The molecule has 5 rings (SSSR count). The SMILES string of the molecule is CC(=O)O[C@H]1CC[C@@]2(C)[C@@H](CC[C@@H]3[C@@H]2CC[C@]2(C)/C(=C/C(=O)c4ccc(C)cc4)CC[C@@H]32)C1. The van der Waals surface area contributed by atoms with Gasteiger partial charge in [-0.05, 0) is 105 Å². The summed E-state index contributed by atoms with van der Waals surface area (Å²) in [4.78, 5) is 24.5. The van der Waals surface area contributed by atoms with E-state index in [1.807, 2.05) is 30.3 Å². The van der Waals surface area contributed by atoms with Gasteiger partial charge in [0.2, 0.25) is 0 Å². The van der Waals surface area contributed by atoms with Crippen molar-refractivity contribution in [3.05, 3.63) is 47.0 Å². The van der Waals surface area contributed by atoms with Crippen molar-refractivity contribution in [2.45, 2.75) is 91.6 Å². The van der Waals surface area contributed by atoms with Gasteiger partial charge >= 0.3 is 5.97 Å². The van der Waals surface area contributed by atoms with E-state index in [1.54, 1.807) is 6.92 Å². The lowest BCUT2D eigenvalue weighted by molar-refractivity contribution is -0.158. The quantitative estimate of drug-likeness (QED) is 0.282. The summed E-state index contributed by atoms with van der Waals surface area (Å²) in [6.07, 6.45) is 12.8. The Bertz CT molecular complexity index is 959. The minimum absolute atomic E-state index is 0.125. The minimum Gasteiger partial charge on any atom is -0.463 e. The second kappa shape index (κ2) is 8.40. The topological polar surface area (TPSA) is 43.4 Å². The number of esters is 1. The maximum Gasteiger partial charge on any atom is 0.302 e. The third kappa shape index (κ3) is 3.90. The first-order valence-electron chi connectivity index (χ1n) is 13.2. The summed E-state index contributed by atoms with van der Waals surface area (Å²) < 4.78 is 5.62. The first kappa shape index (κ1) is 22.9. The molecule has 4 saturated carbocycles. The maximum atomic E-state index is 13.0. The van der Waals surface area contributed by atoms with Gasteiger partial charge in [-0.15, -0.1) is 0 Å².